The highest BCUT2D eigenvalue weighted by Crippen LogP contribution is 2.39. The van der Waals surface area contributed by atoms with Crippen LogP contribution in [0, 0.1) is 0 Å². The van der Waals surface area contributed by atoms with Gasteiger partial charge < -0.3 is 49.3 Å². The number of ether oxygens (including phenoxy) is 2. The lowest BCUT2D eigenvalue weighted by Crippen LogP contribution is -2.49. The molecule has 242 valence electrons. The molecule has 0 aromatic heterocycles. The highest BCUT2D eigenvalue weighted by Gasteiger charge is 2.25. The molecule has 0 unspecified atom stereocenters. The van der Waals surface area contributed by atoms with E-state index in [1.54, 1.807) is 6.07 Å². The van der Waals surface area contributed by atoms with E-state index in [0.29, 0.717) is 32.5 Å². The summed E-state index contributed by atoms with van der Waals surface area (Å²) in [6.45, 7) is 1.44. The molecule has 1 saturated heterocycles. The molecule has 15 nitrogen and oxygen atoms in total. The number of rotatable bonds is 10. The normalized spacial score (nSPS) is 15.6. The molecule has 1 fully saturated rings. The van der Waals surface area contributed by atoms with Crippen molar-refractivity contribution >= 4 is 31.2 Å². The van der Waals surface area contributed by atoms with Crippen molar-refractivity contribution in [3.05, 3.63) is 54.1 Å². The van der Waals surface area contributed by atoms with E-state index in [-0.39, 0.29) is 69.3 Å². The molecule has 3 amide bonds. The summed E-state index contributed by atoms with van der Waals surface area (Å²) < 4.78 is 23.6. The summed E-state index contributed by atoms with van der Waals surface area (Å²) in [6, 6.07) is 13.7. The first-order chi connectivity index (χ1) is 20.9. The molecule has 1 aliphatic rings. The fourth-order valence-electron chi connectivity index (χ4n) is 4.55. The van der Waals surface area contributed by atoms with E-state index < -0.39 is 25.9 Å². The fourth-order valence-corrected chi connectivity index (χ4v) is 5.27. The van der Waals surface area contributed by atoms with Gasteiger partial charge in [0.15, 0.2) is 0 Å². The number of amides is 3. The largest absolute Gasteiger partial charge is 0.493 e. The Kier molecular flexibility index (Phi) is 13.1. The minimum absolute atomic E-state index is 0.0429. The van der Waals surface area contributed by atoms with Gasteiger partial charge in [-0.3, -0.25) is 9.46 Å². The van der Waals surface area contributed by atoms with Crippen molar-refractivity contribution < 1.29 is 53.5 Å². The van der Waals surface area contributed by atoms with Gasteiger partial charge in [0, 0.05) is 52.4 Å². The van der Waals surface area contributed by atoms with Crippen LogP contribution in [0.5, 0.6) is 11.5 Å². The molecule has 3 rings (SSSR count). The van der Waals surface area contributed by atoms with Crippen LogP contribution in [0.2, 0.25) is 0 Å². The number of nitrogens with zero attached hydrogens (tertiary/aromatic N) is 4. The zero-order valence-electron chi connectivity index (χ0n) is 24.2. The van der Waals surface area contributed by atoms with Crippen LogP contribution >= 0.6 is 7.60 Å². The first-order valence-electron chi connectivity index (χ1n) is 14.1. The standard InChI is InChI=1S/C28H39N4O11P/c33-26(34)30-13-11-29(12-14-31(27(35)36)16-18-32(17-15-30)28(37)38)10-4-5-19-42-24-9-8-23(20-25(24)44(39,40)41)43-21-22-6-2-1-3-7-22/h1-3,6-9,20H,4-5,10-19,21H2,(H,33,34)(H,35,36)(H,37,38)(H2,39,40,41). The van der Waals surface area contributed by atoms with Gasteiger partial charge in [-0.25, -0.2) is 14.4 Å². The Labute approximate surface area is 255 Å². The van der Waals surface area contributed by atoms with E-state index in [1.165, 1.54) is 12.1 Å². The molecule has 0 saturated carbocycles. The lowest BCUT2D eigenvalue weighted by molar-refractivity contribution is 0.0981. The molecule has 0 bridgehead atoms. The van der Waals surface area contributed by atoms with Crippen molar-refractivity contribution in [2.24, 2.45) is 0 Å². The second kappa shape index (κ2) is 16.7. The minimum Gasteiger partial charge on any atom is -0.493 e. The number of unbranched alkanes of at least 4 members (excludes halogenated alkanes) is 1. The molecule has 2 aromatic carbocycles. The number of carbonyl (C=O) groups is 3. The van der Waals surface area contributed by atoms with Gasteiger partial charge in [-0.15, -0.1) is 0 Å². The van der Waals surface area contributed by atoms with Gasteiger partial charge in [0.2, 0.25) is 0 Å². The SMILES string of the molecule is O=C(O)N1CCN(CCCCOc2ccc(OCc3ccccc3)cc2P(=O)(O)O)CCN(C(=O)O)CCN(C(=O)O)CC1. The van der Waals surface area contributed by atoms with Crippen LogP contribution < -0.4 is 14.8 Å². The van der Waals surface area contributed by atoms with Crippen molar-refractivity contribution in [3.8, 4) is 11.5 Å². The number of hydrogen-bond donors (Lipinski definition) is 5. The molecule has 5 N–H and O–H groups in total. The van der Waals surface area contributed by atoms with Gasteiger partial charge >= 0.3 is 25.9 Å². The van der Waals surface area contributed by atoms with Crippen LogP contribution in [0.15, 0.2) is 48.5 Å². The van der Waals surface area contributed by atoms with Crippen LogP contribution in [-0.4, -0.2) is 128 Å². The van der Waals surface area contributed by atoms with Gasteiger partial charge in [-0.1, -0.05) is 30.3 Å². The van der Waals surface area contributed by atoms with Crippen LogP contribution in [0.1, 0.15) is 18.4 Å². The Balaban J connectivity index is 1.56. The molecule has 0 aliphatic carbocycles. The van der Waals surface area contributed by atoms with Crippen molar-refractivity contribution in [1.82, 2.24) is 19.6 Å². The van der Waals surface area contributed by atoms with Crippen molar-refractivity contribution in [2.45, 2.75) is 19.4 Å². The van der Waals surface area contributed by atoms with Crippen molar-refractivity contribution in [2.75, 3.05) is 65.5 Å². The van der Waals surface area contributed by atoms with Gasteiger partial charge in [-0.2, -0.15) is 0 Å². The third-order valence-electron chi connectivity index (χ3n) is 7.08. The topological polar surface area (TPSA) is 201 Å². The Bertz CT molecular complexity index is 1260. The van der Waals surface area contributed by atoms with E-state index in [9.17, 15) is 44.1 Å². The van der Waals surface area contributed by atoms with Crippen LogP contribution in [-0.2, 0) is 11.2 Å². The number of hydrogen-bond acceptors (Lipinski definition) is 7. The fraction of sp³-hybridized carbons (Fsp3) is 0.464. The Morgan fingerprint density at radius 1 is 0.705 bits per heavy atom. The maximum absolute atomic E-state index is 12.2. The smallest absolute Gasteiger partial charge is 0.407 e. The average molecular weight is 639 g/mol. The maximum Gasteiger partial charge on any atom is 0.407 e. The second-order valence-electron chi connectivity index (χ2n) is 10.2. The first-order valence-corrected chi connectivity index (χ1v) is 15.7. The summed E-state index contributed by atoms with van der Waals surface area (Å²) in [5.74, 6) is 0.331. The van der Waals surface area contributed by atoms with Gasteiger partial charge in [0.05, 0.1) is 6.61 Å². The first kappa shape index (κ1) is 34.5. The molecule has 16 heteroatoms. The highest BCUT2D eigenvalue weighted by molar-refractivity contribution is 7.60. The third kappa shape index (κ3) is 11.2. The molecular formula is C28H39N4O11P. The molecule has 1 aliphatic heterocycles. The third-order valence-corrected chi connectivity index (χ3v) is 8.06. The summed E-state index contributed by atoms with van der Waals surface area (Å²) in [6.07, 6.45) is -2.52. The van der Waals surface area contributed by atoms with E-state index in [2.05, 4.69) is 0 Å². The predicted molar refractivity (Wildman–Crippen MR) is 159 cm³/mol. The van der Waals surface area contributed by atoms with E-state index >= 15 is 0 Å². The summed E-state index contributed by atoms with van der Waals surface area (Å²) in [7, 11) is -4.67. The highest BCUT2D eigenvalue weighted by atomic mass is 31.2. The number of benzene rings is 2. The lowest BCUT2D eigenvalue weighted by Gasteiger charge is -2.32. The predicted octanol–water partition coefficient (Wildman–Crippen LogP) is 2.48. The molecule has 0 atom stereocenters. The zero-order chi connectivity index (χ0) is 32.1. The minimum atomic E-state index is -4.67. The van der Waals surface area contributed by atoms with Gasteiger partial charge in [0.25, 0.3) is 0 Å². The molecule has 0 radical (unpaired) electrons. The van der Waals surface area contributed by atoms with Crippen molar-refractivity contribution in [1.29, 1.82) is 0 Å². The summed E-state index contributed by atoms with van der Waals surface area (Å²) in [5.41, 5.74) is 0.902. The summed E-state index contributed by atoms with van der Waals surface area (Å²) >= 11 is 0. The average Bonchev–Trinajstić information content (AvgIpc) is 2.96. The second-order valence-corrected chi connectivity index (χ2v) is 11.7. The number of carboxylic acid groups (broad SMARTS) is 3. The molecule has 1 heterocycles. The molecule has 2 aromatic rings. The summed E-state index contributed by atoms with van der Waals surface area (Å²) in [4.78, 5) is 60.0. The molecular weight excluding hydrogens is 599 g/mol. The molecule has 44 heavy (non-hydrogen) atoms. The Morgan fingerprint density at radius 3 is 1.73 bits per heavy atom. The van der Waals surface area contributed by atoms with Crippen LogP contribution in [0.25, 0.3) is 0 Å². The molecule has 0 spiro atoms. The summed E-state index contributed by atoms with van der Waals surface area (Å²) in [5, 5.41) is 28.3. The van der Waals surface area contributed by atoms with E-state index in [1.807, 2.05) is 35.2 Å². The Hall–Kier alpha value is -4.04. The Morgan fingerprint density at radius 2 is 1.23 bits per heavy atom. The van der Waals surface area contributed by atoms with Crippen molar-refractivity contribution in [3.63, 3.8) is 0 Å². The quantitative estimate of drug-likeness (QED) is 0.188. The van der Waals surface area contributed by atoms with Crippen LogP contribution in [0.4, 0.5) is 14.4 Å². The van der Waals surface area contributed by atoms with Gasteiger partial charge in [0.1, 0.15) is 23.4 Å². The van der Waals surface area contributed by atoms with E-state index in [4.69, 9.17) is 9.47 Å². The van der Waals surface area contributed by atoms with Gasteiger partial charge in [-0.05, 0) is 43.1 Å². The van der Waals surface area contributed by atoms with E-state index in [0.717, 1.165) is 20.3 Å². The van der Waals surface area contributed by atoms with Crippen LogP contribution in [0.3, 0.4) is 0 Å². The monoisotopic (exact) mass is 638 g/mol. The lowest BCUT2D eigenvalue weighted by atomic mass is 10.2. The zero-order valence-corrected chi connectivity index (χ0v) is 25.1. The maximum atomic E-state index is 12.2.